The van der Waals surface area contributed by atoms with Crippen LogP contribution in [0.2, 0.25) is 0 Å². The lowest BCUT2D eigenvalue weighted by Crippen LogP contribution is -2.43. The van der Waals surface area contributed by atoms with Crippen LogP contribution < -0.4 is 10.6 Å². The van der Waals surface area contributed by atoms with Crippen LogP contribution in [0.4, 0.5) is 11.6 Å². The van der Waals surface area contributed by atoms with Gasteiger partial charge in [0.2, 0.25) is 11.9 Å². The van der Waals surface area contributed by atoms with Crippen molar-refractivity contribution in [2.24, 2.45) is 0 Å². The minimum atomic E-state index is -0.587. The van der Waals surface area contributed by atoms with Crippen molar-refractivity contribution in [1.29, 1.82) is 0 Å². The smallest absolute Gasteiger partial charge is 0.305 e. The number of rotatable bonds is 4. The predicted octanol–water partition coefficient (Wildman–Crippen LogP) is 0.711. The summed E-state index contributed by atoms with van der Waals surface area (Å²) in [6, 6.07) is 0. The monoisotopic (exact) mass is 253 g/mol. The Morgan fingerprint density at radius 2 is 1.94 bits per heavy atom. The summed E-state index contributed by atoms with van der Waals surface area (Å²) in [5.41, 5.74) is -0.505. The summed E-state index contributed by atoms with van der Waals surface area (Å²) in [7, 11) is 0. The van der Waals surface area contributed by atoms with Crippen molar-refractivity contribution in [2.75, 3.05) is 11.9 Å². The fraction of sp³-hybridized carbons (Fsp3) is 0.500. The number of carbonyl (C=O) groups is 1. The standard InChI is InChI=1S/C10H15N5O3/c1-10(2,3)14-8(16)6-13-9-11-4-7(5-12-9)15(17)18/h4-5H,6H2,1-3H3,(H,14,16)(H,11,12,13). The molecule has 1 rings (SSSR count). The molecule has 0 fully saturated rings. The molecule has 1 aromatic rings. The fourth-order valence-corrected chi connectivity index (χ4v) is 1.13. The molecule has 18 heavy (non-hydrogen) atoms. The molecule has 2 N–H and O–H groups in total. The molecule has 0 bridgehead atoms. The Bertz CT molecular complexity index is 438. The first-order valence-electron chi connectivity index (χ1n) is 5.29. The molecule has 0 spiro atoms. The van der Waals surface area contributed by atoms with Crippen LogP contribution in [0.25, 0.3) is 0 Å². The quantitative estimate of drug-likeness (QED) is 0.604. The van der Waals surface area contributed by atoms with E-state index in [1.165, 1.54) is 0 Å². The summed E-state index contributed by atoms with van der Waals surface area (Å²) in [6.45, 7) is 5.61. The summed E-state index contributed by atoms with van der Waals surface area (Å²) in [5.74, 6) is -0.0332. The van der Waals surface area contributed by atoms with E-state index in [1.807, 2.05) is 20.8 Å². The van der Waals surface area contributed by atoms with Gasteiger partial charge in [0.15, 0.2) is 0 Å². The van der Waals surface area contributed by atoms with E-state index in [0.717, 1.165) is 12.4 Å². The van der Waals surface area contributed by atoms with Crippen LogP contribution in [0.1, 0.15) is 20.8 Å². The third kappa shape index (κ3) is 4.73. The molecule has 0 saturated carbocycles. The van der Waals surface area contributed by atoms with Crippen molar-refractivity contribution in [1.82, 2.24) is 15.3 Å². The second kappa shape index (κ2) is 5.39. The molecular formula is C10H15N5O3. The van der Waals surface area contributed by atoms with Crippen molar-refractivity contribution in [3.05, 3.63) is 22.5 Å². The molecule has 1 aromatic heterocycles. The molecule has 0 aliphatic carbocycles. The van der Waals surface area contributed by atoms with Gasteiger partial charge >= 0.3 is 5.69 Å². The van der Waals surface area contributed by atoms with Crippen LogP contribution in [-0.2, 0) is 4.79 Å². The van der Waals surface area contributed by atoms with E-state index >= 15 is 0 Å². The summed E-state index contributed by atoms with van der Waals surface area (Å²) in [5, 5.41) is 15.8. The molecule has 0 aliphatic heterocycles. The van der Waals surface area contributed by atoms with Gasteiger partial charge in [-0.15, -0.1) is 0 Å². The second-order valence-corrected chi connectivity index (χ2v) is 4.67. The van der Waals surface area contributed by atoms with Crippen molar-refractivity contribution >= 4 is 17.5 Å². The van der Waals surface area contributed by atoms with Crippen molar-refractivity contribution in [2.45, 2.75) is 26.3 Å². The van der Waals surface area contributed by atoms with E-state index in [1.54, 1.807) is 0 Å². The molecule has 8 nitrogen and oxygen atoms in total. The molecule has 0 aromatic carbocycles. The number of aromatic nitrogens is 2. The molecule has 1 heterocycles. The average Bonchev–Trinajstić information content (AvgIpc) is 2.24. The van der Waals surface area contributed by atoms with E-state index in [-0.39, 0.29) is 29.6 Å². The average molecular weight is 253 g/mol. The number of hydrogen-bond acceptors (Lipinski definition) is 6. The Kier molecular flexibility index (Phi) is 4.13. The molecular weight excluding hydrogens is 238 g/mol. The van der Waals surface area contributed by atoms with E-state index in [4.69, 9.17) is 0 Å². The molecule has 0 aliphatic rings. The minimum Gasteiger partial charge on any atom is -0.350 e. The SMILES string of the molecule is CC(C)(C)NC(=O)CNc1ncc([N+](=O)[O-])cn1. The van der Waals surface area contributed by atoms with E-state index in [0.29, 0.717) is 0 Å². The Morgan fingerprint density at radius 3 is 2.39 bits per heavy atom. The first kappa shape index (κ1) is 13.8. The number of carbonyl (C=O) groups excluding carboxylic acids is 1. The van der Waals surface area contributed by atoms with Gasteiger partial charge in [0.25, 0.3) is 0 Å². The Hall–Kier alpha value is -2.25. The highest BCUT2D eigenvalue weighted by Crippen LogP contribution is 2.07. The summed E-state index contributed by atoms with van der Waals surface area (Å²) in [4.78, 5) is 28.7. The Morgan fingerprint density at radius 1 is 1.39 bits per heavy atom. The number of hydrogen-bond donors (Lipinski definition) is 2. The first-order valence-corrected chi connectivity index (χ1v) is 5.29. The largest absolute Gasteiger partial charge is 0.350 e. The third-order valence-corrected chi connectivity index (χ3v) is 1.77. The fourth-order valence-electron chi connectivity index (χ4n) is 1.13. The second-order valence-electron chi connectivity index (χ2n) is 4.67. The molecule has 0 unspecified atom stereocenters. The molecule has 8 heteroatoms. The van der Waals surface area contributed by atoms with Crippen molar-refractivity contribution in [3.8, 4) is 0 Å². The van der Waals surface area contributed by atoms with Gasteiger partial charge in [-0.2, -0.15) is 0 Å². The normalized spacial score (nSPS) is 10.8. The Labute approximate surface area is 104 Å². The number of amides is 1. The lowest BCUT2D eigenvalue weighted by molar-refractivity contribution is -0.385. The van der Waals surface area contributed by atoms with E-state index < -0.39 is 4.92 Å². The van der Waals surface area contributed by atoms with Crippen LogP contribution >= 0.6 is 0 Å². The van der Waals surface area contributed by atoms with Gasteiger partial charge < -0.3 is 10.6 Å². The van der Waals surface area contributed by atoms with Crippen LogP contribution in [0.15, 0.2) is 12.4 Å². The zero-order valence-corrected chi connectivity index (χ0v) is 10.4. The maximum absolute atomic E-state index is 11.5. The van der Waals surface area contributed by atoms with Crippen LogP contribution in [0.5, 0.6) is 0 Å². The van der Waals surface area contributed by atoms with Gasteiger partial charge in [-0.1, -0.05) is 0 Å². The number of nitro groups is 1. The van der Waals surface area contributed by atoms with Crippen LogP contribution in [-0.4, -0.2) is 32.9 Å². The number of anilines is 1. The lowest BCUT2D eigenvalue weighted by Gasteiger charge is -2.20. The summed E-state index contributed by atoms with van der Waals surface area (Å²) in [6.07, 6.45) is 2.16. The lowest BCUT2D eigenvalue weighted by atomic mass is 10.1. The van der Waals surface area contributed by atoms with Crippen molar-refractivity contribution in [3.63, 3.8) is 0 Å². The minimum absolute atomic E-state index is 0.00901. The zero-order valence-electron chi connectivity index (χ0n) is 10.4. The number of nitrogens with zero attached hydrogens (tertiary/aromatic N) is 3. The summed E-state index contributed by atoms with van der Waals surface area (Å²) >= 11 is 0. The topological polar surface area (TPSA) is 110 Å². The number of nitrogens with one attached hydrogen (secondary N) is 2. The van der Waals surface area contributed by atoms with Crippen LogP contribution in [0, 0.1) is 10.1 Å². The maximum Gasteiger partial charge on any atom is 0.305 e. The molecule has 98 valence electrons. The van der Waals surface area contributed by atoms with E-state index in [2.05, 4.69) is 20.6 Å². The first-order chi connectivity index (χ1) is 8.28. The molecule has 1 amide bonds. The van der Waals surface area contributed by atoms with Crippen LogP contribution in [0.3, 0.4) is 0 Å². The molecule has 0 atom stereocenters. The highest BCUT2D eigenvalue weighted by molar-refractivity contribution is 5.80. The van der Waals surface area contributed by atoms with Crippen molar-refractivity contribution < 1.29 is 9.72 Å². The summed E-state index contributed by atoms with van der Waals surface area (Å²) < 4.78 is 0. The van der Waals surface area contributed by atoms with Gasteiger partial charge in [-0.05, 0) is 20.8 Å². The van der Waals surface area contributed by atoms with Gasteiger partial charge in [0.05, 0.1) is 11.5 Å². The maximum atomic E-state index is 11.5. The highest BCUT2D eigenvalue weighted by Gasteiger charge is 2.13. The van der Waals surface area contributed by atoms with Gasteiger partial charge in [0, 0.05) is 5.54 Å². The molecule has 0 saturated heterocycles. The highest BCUT2D eigenvalue weighted by atomic mass is 16.6. The molecule has 0 radical (unpaired) electrons. The predicted molar refractivity (Wildman–Crippen MR) is 65.1 cm³/mol. The Balaban J connectivity index is 2.49. The van der Waals surface area contributed by atoms with E-state index in [9.17, 15) is 14.9 Å². The zero-order chi connectivity index (χ0) is 13.8. The van der Waals surface area contributed by atoms with Gasteiger partial charge in [0.1, 0.15) is 12.4 Å². The third-order valence-electron chi connectivity index (χ3n) is 1.77. The van der Waals surface area contributed by atoms with Gasteiger partial charge in [-0.25, -0.2) is 9.97 Å². The van der Waals surface area contributed by atoms with Gasteiger partial charge in [-0.3, -0.25) is 14.9 Å².